The minimum absolute atomic E-state index is 0.00308. The van der Waals surface area contributed by atoms with Crippen molar-refractivity contribution in [3.63, 3.8) is 0 Å². The quantitative estimate of drug-likeness (QED) is 0.851. The van der Waals surface area contributed by atoms with Crippen molar-refractivity contribution in [1.82, 2.24) is 4.90 Å². The molecular formula is C16H28N2O. The number of nitrogens with two attached hydrogens (primary N) is 1. The SMILES string of the molecule is CC(C)CC1(C(=O)N2CC3CCC(N)C3C2)CCC1. The molecule has 0 aromatic heterocycles. The average Bonchev–Trinajstić information content (AvgIpc) is 2.85. The van der Waals surface area contributed by atoms with E-state index in [2.05, 4.69) is 18.7 Å². The fourth-order valence-electron chi connectivity index (χ4n) is 4.70. The van der Waals surface area contributed by atoms with Crippen molar-refractivity contribution in [3.05, 3.63) is 0 Å². The van der Waals surface area contributed by atoms with Gasteiger partial charge in [0.2, 0.25) is 5.91 Å². The van der Waals surface area contributed by atoms with Gasteiger partial charge in [-0.2, -0.15) is 0 Å². The van der Waals surface area contributed by atoms with Crippen molar-refractivity contribution in [1.29, 1.82) is 0 Å². The van der Waals surface area contributed by atoms with Gasteiger partial charge in [-0.25, -0.2) is 0 Å². The number of carbonyl (C=O) groups is 1. The molecule has 3 rings (SSSR count). The van der Waals surface area contributed by atoms with Crippen LogP contribution in [0.4, 0.5) is 0 Å². The molecule has 1 heterocycles. The first kappa shape index (κ1) is 13.4. The van der Waals surface area contributed by atoms with Crippen LogP contribution in [0, 0.1) is 23.2 Å². The molecule has 1 amide bonds. The Kier molecular flexibility index (Phi) is 3.36. The molecule has 0 bridgehead atoms. The molecule has 0 radical (unpaired) electrons. The summed E-state index contributed by atoms with van der Waals surface area (Å²) in [6.45, 7) is 6.39. The van der Waals surface area contributed by atoms with Crippen LogP contribution in [-0.2, 0) is 4.79 Å². The summed E-state index contributed by atoms with van der Waals surface area (Å²) in [4.78, 5) is 15.1. The molecule has 2 saturated carbocycles. The van der Waals surface area contributed by atoms with Crippen LogP contribution in [0.25, 0.3) is 0 Å². The molecule has 3 unspecified atom stereocenters. The Hall–Kier alpha value is -0.570. The van der Waals surface area contributed by atoms with Crippen LogP contribution in [0.2, 0.25) is 0 Å². The third-order valence-corrected chi connectivity index (χ3v) is 5.76. The van der Waals surface area contributed by atoms with Gasteiger partial charge in [0.1, 0.15) is 0 Å². The van der Waals surface area contributed by atoms with Crippen molar-refractivity contribution in [2.45, 2.75) is 58.4 Å². The van der Waals surface area contributed by atoms with Crippen LogP contribution >= 0.6 is 0 Å². The second kappa shape index (κ2) is 4.76. The molecule has 3 heteroatoms. The highest BCUT2D eigenvalue weighted by Gasteiger charge is 2.50. The van der Waals surface area contributed by atoms with E-state index in [1.807, 2.05) is 0 Å². The monoisotopic (exact) mass is 264 g/mol. The molecule has 2 N–H and O–H groups in total. The number of hydrogen-bond donors (Lipinski definition) is 1. The predicted molar refractivity (Wildman–Crippen MR) is 76.5 cm³/mol. The first-order valence-electron chi connectivity index (χ1n) is 8.07. The van der Waals surface area contributed by atoms with Crippen LogP contribution in [0.1, 0.15) is 52.4 Å². The molecule has 3 aliphatic rings. The maximum absolute atomic E-state index is 12.9. The molecule has 108 valence electrons. The summed E-state index contributed by atoms with van der Waals surface area (Å²) in [7, 11) is 0. The molecule has 19 heavy (non-hydrogen) atoms. The number of carbonyl (C=O) groups excluding carboxylic acids is 1. The predicted octanol–water partition coefficient (Wildman–Crippen LogP) is 2.40. The Morgan fingerprint density at radius 2 is 2.05 bits per heavy atom. The van der Waals surface area contributed by atoms with Crippen molar-refractivity contribution in [2.24, 2.45) is 28.9 Å². The van der Waals surface area contributed by atoms with Crippen LogP contribution < -0.4 is 5.73 Å². The van der Waals surface area contributed by atoms with Gasteiger partial charge in [0, 0.05) is 24.5 Å². The second-order valence-electron chi connectivity index (χ2n) is 7.61. The summed E-state index contributed by atoms with van der Waals surface area (Å²) in [5.74, 6) is 2.35. The lowest BCUT2D eigenvalue weighted by atomic mass is 9.63. The third-order valence-electron chi connectivity index (χ3n) is 5.76. The maximum Gasteiger partial charge on any atom is 0.228 e. The summed E-state index contributed by atoms with van der Waals surface area (Å²) in [5.41, 5.74) is 6.18. The van der Waals surface area contributed by atoms with E-state index in [-0.39, 0.29) is 5.41 Å². The summed E-state index contributed by atoms with van der Waals surface area (Å²) in [6.07, 6.45) is 6.92. The van der Waals surface area contributed by atoms with Gasteiger partial charge in [-0.15, -0.1) is 0 Å². The van der Waals surface area contributed by atoms with Gasteiger partial charge in [0.15, 0.2) is 0 Å². The number of hydrogen-bond acceptors (Lipinski definition) is 2. The van der Waals surface area contributed by atoms with Gasteiger partial charge in [-0.1, -0.05) is 20.3 Å². The standard InChI is InChI=1S/C16H28N2O/c1-11(2)8-16(6-3-7-16)15(19)18-9-12-4-5-14(17)13(12)10-18/h11-14H,3-10,17H2,1-2H3. The smallest absolute Gasteiger partial charge is 0.228 e. The Morgan fingerprint density at radius 1 is 1.32 bits per heavy atom. The highest BCUT2D eigenvalue weighted by Crippen LogP contribution is 2.49. The molecule has 1 aliphatic heterocycles. The Bertz CT molecular complexity index is 362. The van der Waals surface area contributed by atoms with Gasteiger partial charge < -0.3 is 10.6 Å². The third kappa shape index (κ3) is 2.20. The van der Waals surface area contributed by atoms with Crippen LogP contribution in [0.15, 0.2) is 0 Å². The highest BCUT2D eigenvalue weighted by molar-refractivity contribution is 5.84. The number of amides is 1. The van der Waals surface area contributed by atoms with E-state index >= 15 is 0 Å². The lowest BCUT2D eigenvalue weighted by Gasteiger charge is -2.44. The molecular weight excluding hydrogens is 236 g/mol. The van der Waals surface area contributed by atoms with E-state index in [0.29, 0.717) is 29.7 Å². The van der Waals surface area contributed by atoms with E-state index in [4.69, 9.17) is 5.73 Å². The minimum atomic E-state index is -0.00308. The minimum Gasteiger partial charge on any atom is -0.342 e. The summed E-state index contributed by atoms with van der Waals surface area (Å²) >= 11 is 0. The van der Waals surface area contributed by atoms with E-state index in [1.165, 1.54) is 12.8 Å². The van der Waals surface area contributed by atoms with Crippen LogP contribution in [-0.4, -0.2) is 29.9 Å². The zero-order chi connectivity index (χ0) is 13.6. The molecule has 0 aromatic carbocycles. The first-order chi connectivity index (χ1) is 9.02. The molecule has 0 spiro atoms. The Morgan fingerprint density at radius 3 is 2.58 bits per heavy atom. The van der Waals surface area contributed by atoms with Gasteiger partial charge in [-0.3, -0.25) is 4.79 Å². The van der Waals surface area contributed by atoms with Gasteiger partial charge in [-0.05, 0) is 49.9 Å². The Labute approximate surface area is 116 Å². The van der Waals surface area contributed by atoms with Gasteiger partial charge in [0.25, 0.3) is 0 Å². The molecule has 0 aromatic rings. The topological polar surface area (TPSA) is 46.3 Å². The number of rotatable bonds is 3. The molecule has 3 atom stereocenters. The normalized spacial score (nSPS) is 36.4. The van der Waals surface area contributed by atoms with E-state index < -0.39 is 0 Å². The van der Waals surface area contributed by atoms with E-state index in [9.17, 15) is 4.79 Å². The number of fused-ring (bicyclic) bond motifs is 1. The lowest BCUT2D eigenvalue weighted by Crippen LogP contribution is -2.48. The largest absolute Gasteiger partial charge is 0.342 e. The number of nitrogens with zero attached hydrogens (tertiary/aromatic N) is 1. The van der Waals surface area contributed by atoms with E-state index in [0.717, 1.165) is 38.8 Å². The summed E-state index contributed by atoms with van der Waals surface area (Å²) in [6, 6.07) is 0.338. The van der Waals surface area contributed by atoms with Crippen molar-refractivity contribution >= 4 is 5.91 Å². The van der Waals surface area contributed by atoms with Crippen molar-refractivity contribution in [2.75, 3.05) is 13.1 Å². The molecule has 2 aliphatic carbocycles. The summed E-state index contributed by atoms with van der Waals surface area (Å²) in [5, 5.41) is 0. The lowest BCUT2D eigenvalue weighted by molar-refractivity contribution is -0.148. The number of likely N-dealkylation sites (tertiary alicyclic amines) is 1. The fourth-order valence-corrected chi connectivity index (χ4v) is 4.70. The van der Waals surface area contributed by atoms with Gasteiger partial charge >= 0.3 is 0 Å². The first-order valence-corrected chi connectivity index (χ1v) is 8.07. The van der Waals surface area contributed by atoms with Gasteiger partial charge in [0.05, 0.1) is 0 Å². The van der Waals surface area contributed by atoms with Crippen LogP contribution in [0.3, 0.4) is 0 Å². The average molecular weight is 264 g/mol. The fraction of sp³-hybridized carbons (Fsp3) is 0.938. The second-order valence-corrected chi connectivity index (χ2v) is 7.61. The van der Waals surface area contributed by atoms with Crippen molar-refractivity contribution < 1.29 is 4.79 Å². The zero-order valence-electron chi connectivity index (χ0n) is 12.4. The highest BCUT2D eigenvalue weighted by atomic mass is 16.2. The van der Waals surface area contributed by atoms with Crippen molar-refractivity contribution in [3.8, 4) is 0 Å². The molecule has 3 nitrogen and oxygen atoms in total. The zero-order valence-corrected chi connectivity index (χ0v) is 12.4. The maximum atomic E-state index is 12.9. The Balaban J connectivity index is 1.68. The molecule has 3 fully saturated rings. The molecule has 1 saturated heterocycles. The van der Waals surface area contributed by atoms with Crippen LogP contribution in [0.5, 0.6) is 0 Å². The summed E-state index contributed by atoms with van der Waals surface area (Å²) < 4.78 is 0. The van der Waals surface area contributed by atoms with E-state index in [1.54, 1.807) is 0 Å².